The van der Waals surface area contributed by atoms with Crippen molar-refractivity contribution in [2.24, 2.45) is 0 Å². The van der Waals surface area contributed by atoms with E-state index in [1.807, 2.05) is 31.2 Å². The van der Waals surface area contributed by atoms with Gasteiger partial charge in [0.05, 0.1) is 24.4 Å². The molecule has 1 aliphatic heterocycles. The number of amides is 1. The van der Waals surface area contributed by atoms with Gasteiger partial charge in [0.25, 0.3) is 0 Å². The number of carbonyl (C=O) groups is 1. The van der Waals surface area contributed by atoms with E-state index < -0.39 is 0 Å². The van der Waals surface area contributed by atoms with Gasteiger partial charge in [-0.2, -0.15) is 0 Å². The molecule has 2 atom stereocenters. The Morgan fingerprint density at radius 3 is 2.83 bits per heavy atom. The quantitative estimate of drug-likeness (QED) is 0.918. The monoisotopic (exact) mass is 349 g/mol. The number of aromatic nitrogens is 1. The lowest BCUT2D eigenvalue weighted by atomic mass is 10.1. The molecule has 1 amide bonds. The van der Waals surface area contributed by atoms with Crippen molar-refractivity contribution in [3.05, 3.63) is 46.6 Å². The van der Waals surface area contributed by atoms with Gasteiger partial charge < -0.3 is 9.26 Å². The number of morpholine rings is 1. The average molecular weight is 350 g/mol. The lowest BCUT2D eigenvalue weighted by Gasteiger charge is -2.36. The second-order valence-corrected chi connectivity index (χ2v) is 6.34. The number of aryl methyl sites for hydroxylation is 1. The second-order valence-electron chi connectivity index (χ2n) is 5.90. The second kappa shape index (κ2) is 7.34. The fourth-order valence-corrected chi connectivity index (χ4v) is 2.84. The van der Waals surface area contributed by atoms with Crippen LogP contribution in [0.1, 0.15) is 24.3 Å². The molecule has 7 heteroatoms. The summed E-state index contributed by atoms with van der Waals surface area (Å²) in [4.78, 5) is 14.5. The number of hydrogen-bond acceptors (Lipinski definition) is 5. The number of ether oxygens (including phenoxy) is 1. The van der Waals surface area contributed by atoms with Crippen molar-refractivity contribution in [1.29, 1.82) is 0 Å². The average Bonchev–Trinajstić information content (AvgIpc) is 3.00. The highest BCUT2D eigenvalue weighted by molar-refractivity contribution is 6.30. The minimum Gasteiger partial charge on any atom is -0.371 e. The Bertz CT molecular complexity index is 701. The van der Waals surface area contributed by atoms with Crippen molar-refractivity contribution in [2.45, 2.75) is 26.0 Å². The largest absolute Gasteiger partial charge is 0.371 e. The molecule has 0 unspecified atom stereocenters. The summed E-state index contributed by atoms with van der Waals surface area (Å²) >= 11 is 5.93. The molecule has 24 heavy (non-hydrogen) atoms. The van der Waals surface area contributed by atoms with Crippen molar-refractivity contribution >= 4 is 23.4 Å². The first kappa shape index (κ1) is 17.0. The third-order valence-electron chi connectivity index (χ3n) is 4.14. The van der Waals surface area contributed by atoms with Crippen LogP contribution in [0.3, 0.4) is 0 Å². The fraction of sp³-hybridized carbons (Fsp3) is 0.412. The van der Waals surface area contributed by atoms with Crippen LogP contribution in [-0.4, -0.2) is 41.7 Å². The van der Waals surface area contributed by atoms with Crippen LogP contribution in [0.15, 0.2) is 34.9 Å². The van der Waals surface area contributed by atoms with Crippen LogP contribution < -0.4 is 5.32 Å². The molecule has 0 aliphatic carbocycles. The molecule has 2 aromatic rings. The fourth-order valence-electron chi connectivity index (χ4n) is 2.71. The third kappa shape index (κ3) is 3.95. The first-order chi connectivity index (χ1) is 11.5. The predicted octanol–water partition coefficient (Wildman–Crippen LogP) is 3.04. The van der Waals surface area contributed by atoms with Crippen LogP contribution >= 0.6 is 11.6 Å². The number of rotatable bonds is 4. The lowest BCUT2D eigenvalue weighted by molar-refractivity contribution is -0.124. The van der Waals surface area contributed by atoms with Crippen LogP contribution in [0.5, 0.6) is 0 Å². The normalized spacial score (nSPS) is 19.9. The molecule has 0 radical (unpaired) electrons. The summed E-state index contributed by atoms with van der Waals surface area (Å²) in [6.07, 6.45) is -0.0706. The Morgan fingerprint density at radius 1 is 1.42 bits per heavy atom. The number of nitrogens with zero attached hydrogens (tertiary/aromatic N) is 2. The molecule has 0 spiro atoms. The molecule has 1 aromatic heterocycles. The number of benzene rings is 1. The van der Waals surface area contributed by atoms with E-state index in [2.05, 4.69) is 15.4 Å². The summed E-state index contributed by atoms with van der Waals surface area (Å²) in [5.74, 6) is 0.245. The van der Waals surface area contributed by atoms with E-state index in [0.717, 1.165) is 11.3 Å². The summed E-state index contributed by atoms with van der Waals surface area (Å²) in [7, 11) is 0. The molecule has 2 heterocycles. The smallest absolute Gasteiger partial charge is 0.243 e. The van der Waals surface area contributed by atoms with Gasteiger partial charge in [0.2, 0.25) is 11.8 Å². The summed E-state index contributed by atoms with van der Waals surface area (Å²) in [5.41, 5.74) is 1.79. The minimum atomic E-state index is -0.297. The maximum absolute atomic E-state index is 12.4. The predicted molar refractivity (Wildman–Crippen MR) is 91.0 cm³/mol. The molecular formula is C17H20ClN3O3. The molecule has 1 fully saturated rings. The molecule has 3 rings (SSSR count). The van der Waals surface area contributed by atoms with Gasteiger partial charge in [-0.05, 0) is 31.5 Å². The zero-order valence-corrected chi connectivity index (χ0v) is 14.4. The van der Waals surface area contributed by atoms with Gasteiger partial charge >= 0.3 is 0 Å². The molecular weight excluding hydrogens is 330 g/mol. The number of halogens is 1. The third-order valence-corrected chi connectivity index (χ3v) is 4.39. The van der Waals surface area contributed by atoms with Crippen LogP contribution in [0.25, 0.3) is 0 Å². The molecule has 1 aliphatic rings. The van der Waals surface area contributed by atoms with Gasteiger partial charge in [0.15, 0.2) is 0 Å². The van der Waals surface area contributed by atoms with Crippen LogP contribution in [0, 0.1) is 6.92 Å². The van der Waals surface area contributed by atoms with Crippen molar-refractivity contribution in [1.82, 2.24) is 10.1 Å². The van der Waals surface area contributed by atoms with Gasteiger partial charge in [-0.1, -0.05) is 28.9 Å². The summed E-state index contributed by atoms with van der Waals surface area (Å²) < 4.78 is 10.9. The van der Waals surface area contributed by atoms with E-state index in [4.69, 9.17) is 20.9 Å². The highest BCUT2D eigenvalue weighted by Gasteiger charge is 2.29. The standard InChI is InChI=1S/C17H20ClN3O3/c1-11-9-16(24-20-11)19-17(22)12(2)21-7-8-23-15(10-21)13-3-5-14(18)6-4-13/h3-6,9,12,15H,7-8,10H2,1-2H3,(H,19,22)/t12-,15-/m0/s1. The van der Waals surface area contributed by atoms with Crippen LogP contribution in [0.2, 0.25) is 5.02 Å². The molecule has 6 nitrogen and oxygen atoms in total. The maximum atomic E-state index is 12.4. The van der Waals surface area contributed by atoms with Gasteiger partial charge in [0, 0.05) is 24.2 Å². The van der Waals surface area contributed by atoms with E-state index in [1.54, 1.807) is 13.0 Å². The highest BCUT2D eigenvalue weighted by atomic mass is 35.5. The van der Waals surface area contributed by atoms with Gasteiger partial charge in [-0.3, -0.25) is 15.0 Å². The first-order valence-corrected chi connectivity index (χ1v) is 8.26. The van der Waals surface area contributed by atoms with Crippen molar-refractivity contribution in [2.75, 3.05) is 25.0 Å². The van der Waals surface area contributed by atoms with Crippen LogP contribution in [0.4, 0.5) is 5.88 Å². The Hall–Kier alpha value is -1.89. The minimum absolute atomic E-state index is 0.0706. The highest BCUT2D eigenvalue weighted by Crippen LogP contribution is 2.25. The van der Waals surface area contributed by atoms with Gasteiger partial charge in [0.1, 0.15) is 0 Å². The molecule has 1 N–H and O–H groups in total. The van der Waals surface area contributed by atoms with Gasteiger partial charge in [-0.25, -0.2) is 0 Å². The molecule has 1 aromatic carbocycles. The van der Waals surface area contributed by atoms with E-state index >= 15 is 0 Å². The molecule has 0 saturated carbocycles. The van der Waals surface area contributed by atoms with E-state index in [9.17, 15) is 4.79 Å². The van der Waals surface area contributed by atoms with Crippen molar-refractivity contribution in [3.8, 4) is 0 Å². The SMILES string of the molecule is Cc1cc(NC(=O)[C@H](C)N2CCO[C@H](c3ccc(Cl)cc3)C2)on1. The Labute approximate surface area is 145 Å². The number of anilines is 1. The Morgan fingerprint density at radius 2 is 2.17 bits per heavy atom. The number of hydrogen-bond donors (Lipinski definition) is 1. The van der Waals surface area contributed by atoms with E-state index in [1.165, 1.54) is 0 Å². The topological polar surface area (TPSA) is 67.6 Å². The zero-order valence-electron chi connectivity index (χ0n) is 13.7. The van der Waals surface area contributed by atoms with E-state index in [-0.39, 0.29) is 18.1 Å². The first-order valence-electron chi connectivity index (χ1n) is 7.88. The molecule has 1 saturated heterocycles. The maximum Gasteiger partial charge on any atom is 0.243 e. The Kier molecular flexibility index (Phi) is 5.18. The number of nitrogens with one attached hydrogen (secondary N) is 1. The zero-order chi connectivity index (χ0) is 17.1. The van der Waals surface area contributed by atoms with Crippen molar-refractivity contribution < 1.29 is 14.1 Å². The van der Waals surface area contributed by atoms with E-state index in [0.29, 0.717) is 30.6 Å². The Balaban J connectivity index is 1.62. The van der Waals surface area contributed by atoms with Crippen LogP contribution in [-0.2, 0) is 9.53 Å². The summed E-state index contributed by atoms with van der Waals surface area (Å²) in [5, 5.41) is 7.22. The number of carbonyl (C=O) groups excluding carboxylic acids is 1. The molecule has 0 bridgehead atoms. The summed E-state index contributed by atoms with van der Waals surface area (Å²) in [6, 6.07) is 9.01. The van der Waals surface area contributed by atoms with Gasteiger partial charge in [-0.15, -0.1) is 0 Å². The van der Waals surface area contributed by atoms with Crippen molar-refractivity contribution in [3.63, 3.8) is 0 Å². The summed E-state index contributed by atoms with van der Waals surface area (Å²) in [6.45, 7) is 5.61. The molecule has 128 valence electrons. The lowest BCUT2D eigenvalue weighted by Crippen LogP contribution is -2.48.